The molecule has 18 heavy (non-hydrogen) atoms. The van der Waals surface area contributed by atoms with Gasteiger partial charge in [-0.15, -0.1) is 22.7 Å². The van der Waals surface area contributed by atoms with Crippen LogP contribution in [0.15, 0.2) is 11.4 Å². The molecule has 1 N–H and O–H groups in total. The second kappa shape index (κ2) is 5.47. The summed E-state index contributed by atoms with van der Waals surface area (Å²) in [6.45, 7) is 7.18. The molecule has 0 spiro atoms. The molecule has 98 valence electrons. The summed E-state index contributed by atoms with van der Waals surface area (Å²) in [6, 6.07) is 1.87. The number of nitrogens with zero attached hydrogens (tertiary/aromatic N) is 1. The number of nitrogens with one attached hydrogen (secondary N) is 1. The molecule has 2 aromatic rings. The molecule has 2 rings (SSSR count). The first-order valence-corrected chi connectivity index (χ1v) is 7.95. The van der Waals surface area contributed by atoms with E-state index in [9.17, 15) is 0 Å². The van der Waals surface area contributed by atoms with Gasteiger partial charge in [-0.3, -0.25) is 0 Å². The van der Waals surface area contributed by atoms with E-state index < -0.39 is 0 Å². The van der Waals surface area contributed by atoms with Gasteiger partial charge in [-0.25, -0.2) is 4.98 Å². The van der Waals surface area contributed by atoms with Crippen molar-refractivity contribution in [3.05, 3.63) is 25.1 Å². The summed E-state index contributed by atoms with van der Waals surface area (Å²) in [5.74, 6) is 0. The lowest BCUT2D eigenvalue weighted by atomic mass is 10.1. The van der Waals surface area contributed by atoms with Crippen LogP contribution in [-0.2, 0) is 6.54 Å². The first-order chi connectivity index (χ1) is 8.35. The van der Waals surface area contributed by atoms with E-state index in [2.05, 4.69) is 31.1 Å². The van der Waals surface area contributed by atoms with Crippen molar-refractivity contribution in [1.82, 2.24) is 10.3 Å². The monoisotopic (exact) mass is 320 g/mol. The third-order valence-corrected chi connectivity index (χ3v) is 4.59. The van der Waals surface area contributed by atoms with E-state index in [4.69, 9.17) is 23.2 Å². The Morgan fingerprint density at radius 2 is 2.06 bits per heavy atom. The zero-order valence-electron chi connectivity index (χ0n) is 10.4. The van der Waals surface area contributed by atoms with Crippen LogP contribution in [0.2, 0.25) is 8.67 Å². The minimum atomic E-state index is 0.0924. The third-order valence-electron chi connectivity index (χ3n) is 2.25. The van der Waals surface area contributed by atoms with E-state index in [0.29, 0.717) is 8.67 Å². The highest BCUT2D eigenvalue weighted by molar-refractivity contribution is 7.20. The van der Waals surface area contributed by atoms with Crippen molar-refractivity contribution in [3.8, 4) is 11.3 Å². The Hall–Kier alpha value is -0.130. The zero-order chi connectivity index (χ0) is 13.3. The Morgan fingerprint density at radius 1 is 1.33 bits per heavy atom. The summed E-state index contributed by atoms with van der Waals surface area (Å²) >= 11 is 15.1. The molecule has 0 atom stereocenters. The highest BCUT2D eigenvalue weighted by Crippen LogP contribution is 2.38. The topological polar surface area (TPSA) is 24.9 Å². The average molecular weight is 321 g/mol. The molecule has 0 saturated heterocycles. The quantitative estimate of drug-likeness (QED) is 0.854. The third kappa shape index (κ3) is 3.68. The highest BCUT2D eigenvalue weighted by atomic mass is 35.5. The van der Waals surface area contributed by atoms with Gasteiger partial charge in [0.25, 0.3) is 0 Å². The first-order valence-electron chi connectivity index (χ1n) is 5.50. The van der Waals surface area contributed by atoms with Crippen molar-refractivity contribution in [2.75, 3.05) is 0 Å². The van der Waals surface area contributed by atoms with Crippen LogP contribution in [0.3, 0.4) is 0 Å². The SMILES string of the molecule is CC(C)(C)NCc1nc(-c2cc(Cl)sc2Cl)cs1. The molecule has 0 amide bonds. The Bertz CT molecular complexity index is 541. The molecule has 2 aromatic heterocycles. The smallest absolute Gasteiger partial charge is 0.107 e. The molecule has 0 aliphatic carbocycles. The lowest BCUT2D eigenvalue weighted by Gasteiger charge is -2.19. The number of halogens is 2. The largest absolute Gasteiger partial charge is 0.306 e. The maximum absolute atomic E-state index is 6.12. The standard InChI is InChI=1S/C12H14Cl2N2S2/c1-12(2,3)15-5-10-16-8(6-17-10)7-4-9(13)18-11(7)14/h4,6,15H,5H2,1-3H3. The Labute approximate surface area is 125 Å². The van der Waals surface area contributed by atoms with Gasteiger partial charge in [0.05, 0.1) is 10.0 Å². The molecule has 6 heteroatoms. The molecule has 0 aliphatic heterocycles. The number of thiazole rings is 1. The van der Waals surface area contributed by atoms with Gasteiger partial charge in [-0.05, 0) is 26.8 Å². The van der Waals surface area contributed by atoms with E-state index in [-0.39, 0.29) is 5.54 Å². The average Bonchev–Trinajstić information content (AvgIpc) is 2.81. The second-order valence-electron chi connectivity index (χ2n) is 4.97. The maximum Gasteiger partial charge on any atom is 0.107 e. The Balaban J connectivity index is 2.13. The molecule has 0 radical (unpaired) electrons. The van der Waals surface area contributed by atoms with Crippen LogP contribution in [0.5, 0.6) is 0 Å². The fourth-order valence-electron chi connectivity index (χ4n) is 1.37. The molecule has 0 unspecified atom stereocenters. The minimum absolute atomic E-state index is 0.0924. The van der Waals surface area contributed by atoms with Crippen LogP contribution < -0.4 is 5.32 Å². The summed E-state index contributed by atoms with van der Waals surface area (Å²) in [6.07, 6.45) is 0. The van der Waals surface area contributed by atoms with Gasteiger partial charge in [0.15, 0.2) is 0 Å². The summed E-state index contributed by atoms with van der Waals surface area (Å²) in [7, 11) is 0. The van der Waals surface area contributed by atoms with E-state index in [1.165, 1.54) is 11.3 Å². The van der Waals surface area contributed by atoms with Crippen molar-refractivity contribution < 1.29 is 0 Å². The lowest BCUT2D eigenvalue weighted by Crippen LogP contribution is -2.34. The van der Waals surface area contributed by atoms with Crippen molar-refractivity contribution >= 4 is 45.9 Å². The van der Waals surface area contributed by atoms with Gasteiger partial charge >= 0.3 is 0 Å². The van der Waals surface area contributed by atoms with Gasteiger partial charge < -0.3 is 5.32 Å². The van der Waals surface area contributed by atoms with E-state index >= 15 is 0 Å². The zero-order valence-corrected chi connectivity index (χ0v) is 13.5. The molecule has 2 nitrogen and oxygen atoms in total. The number of hydrogen-bond donors (Lipinski definition) is 1. The van der Waals surface area contributed by atoms with Crippen molar-refractivity contribution in [3.63, 3.8) is 0 Å². The normalized spacial score (nSPS) is 12.1. The van der Waals surface area contributed by atoms with Crippen molar-refractivity contribution in [2.45, 2.75) is 32.9 Å². The molecule has 0 aliphatic rings. The molecule has 0 bridgehead atoms. The van der Waals surface area contributed by atoms with Crippen molar-refractivity contribution in [2.24, 2.45) is 0 Å². The maximum atomic E-state index is 6.12. The number of hydrogen-bond acceptors (Lipinski definition) is 4. The van der Waals surface area contributed by atoms with Crippen LogP contribution >= 0.6 is 45.9 Å². The number of rotatable bonds is 3. The summed E-state index contributed by atoms with van der Waals surface area (Å²) in [4.78, 5) is 4.58. The Morgan fingerprint density at radius 3 is 2.61 bits per heavy atom. The van der Waals surface area contributed by atoms with Crippen LogP contribution in [0.1, 0.15) is 25.8 Å². The molecular formula is C12H14Cl2N2S2. The number of aromatic nitrogens is 1. The van der Waals surface area contributed by atoms with Gasteiger partial charge in [-0.2, -0.15) is 0 Å². The lowest BCUT2D eigenvalue weighted by molar-refractivity contribution is 0.424. The highest BCUT2D eigenvalue weighted by Gasteiger charge is 2.13. The van der Waals surface area contributed by atoms with Gasteiger partial charge in [-0.1, -0.05) is 23.2 Å². The fourth-order valence-corrected chi connectivity index (χ4v) is 3.59. The summed E-state index contributed by atoms with van der Waals surface area (Å²) in [5.41, 5.74) is 1.92. The van der Waals surface area contributed by atoms with Gasteiger partial charge in [0.1, 0.15) is 9.34 Å². The number of thiophene rings is 1. The minimum Gasteiger partial charge on any atom is -0.306 e. The van der Waals surface area contributed by atoms with E-state index in [1.54, 1.807) is 11.3 Å². The second-order valence-corrected chi connectivity index (χ2v) is 8.20. The van der Waals surface area contributed by atoms with E-state index in [1.807, 2.05) is 11.4 Å². The predicted octanol–water partition coefficient (Wildman–Crippen LogP) is 5.07. The van der Waals surface area contributed by atoms with E-state index in [0.717, 1.165) is 22.8 Å². The molecule has 2 heterocycles. The van der Waals surface area contributed by atoms with Crippen LogP contribution in [0.4, 0.5) is 0 Å². The predicted molar refractivity (Wildman–Crippen MR) is 82.0 cm³/mol. The van der Waals surface area contributed by atoms with Crippen LogP contribution in [0, 0.1) is 0 Å². The molecule has 0 fully saturated rings. The first kappa shape index (κ1) is 14.3. The van der Waals surface area contributed by atoms with Gasteiger partial charge in [0.2, 0.25) is 0 Å². The summed E-state index contributed by atoms with van der Waals surface area (Å²) in [5, 5.41) is 6.49. The molecule has 0 aromatic carbocycles. The van der Waals surface area contributed by atoms with Gasteiger partial charge in [0, 0.05) is 23.0 Å². The van der Waals surface area contributed by atoms with Crippen LogP contribution in [-0.4, -0.2) is 10.5 Å². The van der Waals surface area contributed by atoms with Crippen molar-refractivity contribution in [1.29, 1.82) is 0 Å². The summed E-state index contributed by atoms with van der Waals surface area (Å²) < 4.78 is 1.39. The molecular weight excluding hydrogens is 307 g/mol. The fraction of sp³-hybridized carbons (Fsp3) is 0.417. The van der Waals surface area contributed by atoms with Crippen LogP contribution in [0.25, 0.3) is 11.3 Å². The molecule has 0 saturated carbocycles. The Kier molecular flexibility index (Phi) is 4.34.